The molecule has 0 aliphatic carbocycles. The van der Waals surface area contributed by atoms with Gasteiger partial charge >= 0.3 is 0 Å². The zero-order chi connectivity index (χ0) is 22.9. The first-order valence-corrected chi connectivity index (χ1v) is 10.6. The molecule has 33 heavy (non-hydrogen) atoms. The van der Waals surface area contributed by atoms with E-state index in [1.807, 2.05) is 54.6 Å². The number of benzene rings is 3. The van der Waals surface area contributed by atoms with Crippen molar-refractivity contribution < 1.29 is 13.9 Å². The molecular formula is C26H24N4O3. The number of methoxy groups -OCH3 is 2. The van der Waals surface area contributed by atoms with Crippen LogP contribution in [0.1, 0.15) is 11.1 Å². The molecule has 0 atom stereocenters. The van der Waals surface area contributed by atoms with E-state index in [0.717, 1.165) is 44.1 Å². The minimum absolute atomic E-state index is 0.572. The van der Waals surface area contributed by atoms with E-state index in [-0.39, 0.29) is 0 Å². The van der Waals surface area contributed by atoms with Gasteiger partial charge in [0.25, 0.3) is 0 Å². The topological polar surface area (TPSA) is 84.7 Å². The van der Waals surface area contributed by atoms with E-state index in [2.05, 4.69) is 35.3 Å². The van der Waals surface area contributed by atoms with Crippen molar-refractivity contribution in [1.82, 2.24) is 9.97 Å². The summed E-state index contributed by atoms with van der Waals surface area (Å²) < 4.78 is 17.2. The third-order valence-electron chi connectivity index (χ3n) is 5.53. The highest BCUT2D eigenvalue weighted by Gasteiger charge is 2.12. The second kappa shape index (κ2) is 8.35. The van der Waals surface area contributed by atoms with Gasteiger partial charge in [-0.3, -0.25) is 0 Å². The third-order valence-corrected chi connectivity index (χ3v) is 5.53. The zero-order valence-electron chi connectivity index (χ0n) is 18.9. The average Bonchev–Trinajstić information content (AvgIpc) is 3.24. The SMILES string of the molecule is COc1ccc(-c2cc(=NNc3nc4ccccc4[nH]3)c3c(C)cc(C)cc3o2)cc1OC. The molecule has 3 aromatic carbocycles. The molecule has 5 aromatic rings. The van der Waals surface area contributed by atoms with E-state index in [4.69, 9.17) is 19.0 Å². The largest absolute Gasteiger partial charge is 0.493 e. The van der Waals surface area contributed by atoms with E-state index in [9.17, 15) is 0 Å². The number of ether oxygens (including phenoxy) is 2. The first-order chi connectivity index (χ1) is 16.1. The van der Waals surface area contributed by atoms with E-state index in [0.29, 0.717) is 23.2 Å². The van der Waals surface area contributed by atoms with E-state index >= 15 is 0 Å². The summed E-state index contributed by atoms with van der Waals surface area (Å²) in [4.78, 5) is 7.79. The van der Waals surface area contributed by atoms with Crippen molar-refractivity contribution in [2.45, 2.75) is 13.8 Å². The van der Waals surface area contributed by atoms with Gasteiger partial charge in [0.1, 0.15) is 11.3 Å². The Hall–Kier alpha value is -4.26. The van der Waals surface area contributed by atoms with Crippen LogP contribution in [0.25, 0.3) is 33.3 Å². The van der Waals surface area contributed by atoms with Crippen LogP contribution in [0.15, 0.2) is 70.2 Å². The molecule has 0 aliphatic rings. The van der Waals surface area contributed by atoms with Crippen LogP contribution in [0.3, 0.4) is 0 Å². The van der Waals surface area contributed by atoms with Crippen molar-refractivity contribution in [3.8, 4) is 22.8 Å². The molecule has 0 amide bonds. The summed E-state index contributed by atoms with van der Waals surface area (Å²) in [5.41, 5.74) is 8.70. The number of aromatic nitrogens is 2. The highest BCUT2D eigenvalue weighted by Crippen LogP contribution is 2.33. The zero-order valence-corrected chi connectivity index (χ0v) is 18.9. The molecule has 166 valence electrons. The minimum Gasteiger partial charge on any atom is -0.493 e. The Morgan fingerprint density at radius 2 is 1.76 bits per heavy atom. The van der Waals surface area contributed by atoms with Crippen molar-refractivity contribution in [3.05, 3.63) is 77.1 Å². The molecule has 5 rings (SSSR count). The van der Waals surface area contributed by atoms with Crippen LogP contribution in [-0.4, -0.2) is 24.2 Å². The molecule has 0 spiro atoms. The van der Waals surface area contributed by atoms with Gasteiger partial charge < -0.3 is 18.9 Å². The summed E-state index contributed by atoms with van der Waals surface area (Å²) in [6.07, 6.45) is 0. The fourth-order valence-electron chi connectivity index (χ4n) is 4.02. The maximum atomic E-state index is 6.32. The Balaban J connectivity index is 1.67. The normalized spacial score (nSPS) is 11.8. The molecule has 0 bridgehead atoms. The highest BCUT2D eigenvalue weighted by atomic mass is 16.5. The molecule has 2 heterocycles. The van der Waals surface area contributed by atoms with Gasteiger partial charge in [-0.05, 0) is 61.4 Å². The molecule has 2 aromatic heterocycles. The summed E-state index contributed by atoms with van der Waals surface area (Å²) in [7, 11) is 3.23. The summed E-state index contributed by atoms with van der Waals surface area (Å²) in [5, 5.41) is 6.38. The van der Waals surface area contributed by atoms with Crippen LogP contribution < -0.4 is 20.3 Å². The molecule has 7 nitrogen and oxygen atoms in total. The van der Waals surface area contributed by atoms with Crippen molar-refractivity contribution in [1.29, 1.82) is 0 Å². The number of rotatable bonds is 5. The van der Waals surface area contributed by atoms with Gasteiger partial charge in [0.05, 0.1) is 30.6 Å². The number of nitrogens with one attached hydrogen (secondary N) is 2. The molecule has 0 aliphatic heterocycles. The molecule has 0 fully saturated rings. The lowest BCUT2D eigenvalue weighted by Gasteiger charge is -2.11. The lowest BCUT2D eigenvalue weighted by Crippen LogP contribution is -2.09. The number of fused-ring (bicyclic) bond motifs is 2. The van der Waals surface area contributed by atoms with Gasteiger partial charge in [-0.25, -0.2) is 10.4 Å². The van der Waals surface area contributed by atoms with Crippen LogP contribution >= 0.6 is 0 Å². The number of H-pyrrole nitrogens is 1. The number of imidazole rings is 1. The quantitative estimate of drug-likeness (QED) is 0.351. The Labute approximate surface area is 190 Å². The van der Waals surface area contributed by atoms with Gasteiger partial charge in [0.15, 0.2) is 11.5 Å². The number of anilines is 1. The van der Waals surface area contributed by atoms with E-state index in [1.165, 1.54) is 0 Å². The van der Waals surface area contributed by atoms with Crippen LogP contribution in [0, 0.1) is 13.8 Å². The number of hydrogen-bond acceptors (Lipinski definition) is 6. The van der Waals surface area contributed by atoms with Gasteiger partial charge in [0.2, 0.25) is 5.95 Å². The third kappa shape index (κ3) is 3.89. The van der Waals surface area contributed by atoms with Crippen molar-refractivity contribution >= 4 is 28.0 Å². The summed E-state index contributed by atoms with van der Waals surface area (Å²) in [6.45, 7) is 4.11. The number of para-hydroxylation sites is 2. The smallest absolute Gasteiger partial charge is 0.222 e. The van der Waals surface area contributed by atoms with Crippen molar-refractivity contribution in [2.75, 3.05) is 19.6 Å². The number of aromatic amines is 1. The summed E-state index contributed by atoms with van der Waals surface area (Å²) >= 11 is 0. The van der Waals surface area contributed by atoms with Crippen molar-refractivity contribution in [2.24, 2.45) is 5.10 Å². The standard InChI is InChI=1S/C26H24N4O3/c1-15-11-16(2)25-20(29-30-26-27-18-7-5-6-8-19(18)28-26)14-22(33-24(25)12-15)17-9-10-21(31-3)23(13-17)32-4/h5-14H,1-4H3,(H2,27,28,30). The van der Waals surface area contributed by atoms with Crippen LogP contribution in [0.2, 0.25) is 0 Å². The fourth-order valence-corrected chi connectivity index (χ4v) is 4.02. The molecule has 2 N–H and O–H groups in total. The maximum absolute atomic E-state index is 6.32. The first-order valence-electron chi connectivity index (χ1n) is 10.6. The Kier molecular flexibility index (Phi) is 5.22. The van der Waals surface area contributed by atoms with Crippen LogP contribution in [-0.2, 0) is 0 Å². The molecule has 0 saturated heterocycles. The van der Waals surface area contributed by atoms with E-state index < -0.39 is 0 Å². The number of hydrogen-bond donors (Lipinski definition) is 2. The summed E-state index contributed by atoms with van der Waals surface area (Å²) in [5.74, 6) is 2.52. The van der Waals surface area contributed by atoms with E-state index in [1.54, 1.807) is 14.2 Å². The van der Waals surface area contributed by atoms with Crippen LogP contribution in [0.5, 0.6) is 11.5 Å². The Bertz CT molecular complexity index is 1520. The van der Waals surface area contributed by atoms with Crippen LogP contribution in [0.4, 0.5) is 5.95 Å². The second-order valence-corrected chi connectivity index (χ2v) is 7.85. The average molecular weight is 441 g/mol. The minimum atomic E-state index is 0.572. The predicted octanol–water partition coefficient (Wildman–Crippen LogP) is 5.54. The lowest BCUT2D eigenvalue weighted by molar-refractivity contribution is 0.355. The molecule has 0 unspecified atom stereocenters. The molecule has 7 heteroatoms. The Morgan fingerprint density at radius 3 is 2.55 bits per heavy atom. The van der Waals surface area contributed by atoms with Gasteiger partial charge in [-0.2, -0.15) is 5.10 Å². The second-order valence-electron chi connectivity index (χ2n) is 7.85. The monoisotopic (exact) mass is 440 g/mol. The summed E-state index contributed by atoms with van der Waals surface area (Å²) in [6, 6.07) is 19.6. The Morgan fingerprint density at radius 1 is 0.939 bits per heavy atom. The fraction of sp³-hybridized carbons (Fsp3) is 0.154. The van der Waals surface area contributed by atoms with Gasteiger partial charge in [0, 0.05) is 17.0 Å². The lowest BCUT2D eigenvalue weighted by atomic mass is 10.0. The maximum Gasteiger partial charge on any atom is 0.222 e. The molecular weight excluding hydrogens is 416 g/mol. The number of aryl methyl sites for hydroxylation is 2. The molecule has 0 saturated carbocycles. The predicted molar refractivity (Wildman–Crippen MR) is 130 cm³/mol. The molecule has 0 radical (unpaired) electrons. The van der Waals surface area contributed by atoms with Gasteiger partial charge in [-0.1, -0.05) is 18.2 Å². The van der Waals surface area contributed by atoms with Crippen molar-refractivity contribution in [3.63, 3.8) is 0 Å². The number of nitrogens with zero attached hydrogens (tertiary/aromatic N) is 2. The first kappa shape index (κ1) is 20.6. The highest BCUT2D eigenvalue weighted by molar-refractivity contribution is 5.83. The van der Waals surface area contributed by atoms with Gasteiger partial charge in [-0.15, -0.1) is 0 Å².